The van der Waals surface area contributed by atoms with Gasteiger partial charge in [-0.1, -0.05) is 29.8 Å². The topological polar surface area (TPSA) is 0 Å². The minimum atomic E-state index is -0.237. The highest BCUT2D eigenvalue weighted by Crippen LogP contribution is 2.29. The second-order valence-electron chi connectivity index (χ2n) is 3.96. The van der Waals surface area contributed by atoms with Crippen molar-refractivity contribution in [3.05, 3.63) is 68.0 Å². The summed E-state index contributed by atoms with van der Waals surface area (Å²) < 4.78 is 13.9. The molecule has 0 amide bonds. The molecule has 4 heteroatoms. The van der Waals surface area contributed by atoms with Crippen molar-refractivity contribution in [2.45, 2.75) is 11.8 Å². The van der Waals surface area contributed by atoms with Crippen molar-refractivity contribution in [2.24, 2.45) is 0 Å². The van der Waals surface area contributed by atoms with Crippen LogP contribution in [0.15, 0.2) is 42.5 Å². The summed E-state index contributed by atoms with van der Waals surface area (Å²) in [6.07, 6.45) is 0.695. The Balaban J connectivity index is 2.16. The highest BCUT2D eigenvalue weighted by Gasteiger charge is 2.12. The van der Waals surface area contributed by atoms with E-state index in [2.05, 4.69) is 22.6 Å². The first-order valence-electron chi connectivity index (χ1n) is 5.40. The molecule has 0 fully saturated rings. The van der Waals surface area contributed by atoms with Gasteiger partial charge in [0.1, 0.15) is 5.82 Å². The van der Waals surface area contributed by atoms with Gasteiger partial charge in [-0.05, 0) is 64.4 Å². The molecule has 2 aromatic carbocycles. The number of hydrogen-bond donors (Lipinski definition) is 0. The van der Waals surface area contributed by atoms with Crippen molar-refractivity contribution in [1.29, 1.82) is 0 Å². The Morgan fingerprint density at radius 2 is 1.78 bits per heavy atom. The van der Waals surface area contributed by atoms with Crippen molar-refractivity contribution in [1.82, 2.24) is 0 Å². The molecule has 0 aliphatic carbocycles. The van der Waals surface area contributed by atoms with Gasteiger partial charge in [0, 0.05) is 8.59 Å². The Morgan fingerprint density at radius 3 is 2.39 bits per heavy atom. The van der Waals surface area contributed by atoms with E-state index in [9.17, 15) is 4.39 Å². The third-order valence-corrected chi connectivity index (χ3v) is 4.20. The van der Waals surface area contributed by atoms with Gasteiger partial charge in [-0.25, -0.2) is 4.39 Å². The first kappa shape index (κ1) is 14.1. The van der Waals surface area contributed by atoms with Crippen molar-refractivity contribution >= 4 is 45.8 Å². The molecule has 0 bridgehead atoms. The number of benzene rings is 2. The summed E-state index contributed by atoms with van der Waals surface area (Å²) in [6.45, 7) is 0. The molecule has 0 aliphatic heterocycles. The van der Waals surface area contributed by atoms with Crippen LogP contribution in [0.25, 0.3) is 0 Å². The van der Waals surface area contributed by atoms with Crippen molar-refractivity contribution in [3.63, 3.8) is 0 Å². The zero-order chi connectivity index (χ0) is 13.1. The molecule has 0 nitrogen and oxygen atoms in total. The van der Waals surface area contributed by atoms with Crippen molar-refractivity contribution in [2.75, 3.05) is 0 Å². The van der Waals surface area contributed by atoms with E-state index in [4.69, 9.17) is 23.2 Å². The van der Waals surface area contributed by atoms with Crippen molar-refractivity contribution < 1.29 is 4.39 Å². The summed E-state index contributed by atoms with van der Waals surface area (Å²) in [6, 6.07) is 12.3. The van der Waals surface area contributed by atoms with Gasteiger partial charge in [-0.15, -0.1) is 11.6 Å². The zero-order valence-electron chi connectivity index (χ0n) is 9.34. The van der Waals surface area contributed by atoms with E-state index in [0.29, 0.717) is 11.4 Å². The van der Waals surface area contributed by atoms with Gasteiger partial charge in [-0.2, -0.15) is 0 Å². The number of halogens is 4. The van der Waals surface area contributed by atoms with E-state index in [1.807, 2.05) is 24.3 Å². The Kier molecular flexibility index (Phi) is 4.87. The van der Waals surface area contributed by atoms with Crippen LogP contribution in [-0.2, 0) is 6.42 Å². The van der Waals surface area contributed by atoms with Gasteiger partial charge < -0.3 is 0 Å². The maximum absolute atomic E-state index is 13.0. The van der Waals surface area contributed by atoms with Crippen LogP contribution in [-0.4, -0.2) is 0 Å². The average Bonchev–Trinajstić information content (AvgIpc) is 2.32. The number of alkyl halides is 1. The third-order valence-electron chi connectivity index (χ3n) is 2.63. The molecule has 0 aliphatic rings. The summed E-state index contributed by atoms with van der Waals surface area (Å²) in [7, 11) is 0. The highest BCUT2D eigenvalue weighted by atomic mass is 127. The molecule has 2 aromatic rings. The SMILES string of the molecule is Fc1ccc(C(Cl)Cc2ccc(Cl)cc2)c(I)c1. The molecule has 94 valence electrons. The van der Waals surface area contributed by atoms with Crippen LogP contribution in [0.5, 0.6) is 0 Å². The second-order valence-corrected chi connectivity index (χ2v) is 6.09. The summed E-state index contributed by atoms with van der Waals surface area (Å²) in [4.78, 5) is 0. The van der Waals surface area contributed by atoms with Crippen LogP contribution in [0, 0.1) is 9.39 Å². The second kappa shape index (κ2) is 6.22. The van der Waals surface area contributed by atoms with Gasteiger partial charge in [-0.3, -0.25) is 0 Å². The van der Waals surface area contributed by atoms with Crippen LogP contribution >= 0.6 is 45.8 Å². The first-order valence-corrected chi connectivity index (χ1v) is 7.29. The van der Waals surface area contributed by atoms with E-state index < -0.39 is 0 Å². The molecule has 0 heterocycles. The van der Waals surface area contributed by atoms with Crippen LogP contribution in [0.4, 0.5) is 4.39 Å². The van der Waals surface area contributed by atoms with Gasteiger partial charge >= 0.3 is 0 Å². The normalized spacial score (nSPS) is 12.4. The number of rotatable bonds is 3. The van der Waals surface area contributed by atoms with E-state index in [1.54, 1.807) is 6.07 Å². The van der Waals surface area contributed by atoms with Gasteiger partial charge in [0.25, 0.3) is 0 Å². The van der Waals surface area contributed by atoms with Crippen LogP contribution in [0.2, 0.25) is 5.02 Å². The quantitative estimate of drug-likeness (QED) is 0.469. The Morgan fingerprint density at radius 1 is 1.11 bits per heavy atom. The van der Waals surface area contributed by atoms with E-state index in [1.165, 1.54) is 12.1 Å². The fourth-order valence-corrected chi connectivity index (χ4v) is 3.22. The van der Waals surface area contributed by atoms with E-state index in [-0.39, 0.29) is 11.2 Å². The molecule has 0 radical (unpaired) electrons. The van der Waals surface area contributed by atoms with Crippen LogP contribution in [0.3, 0.4) is 0 Å². The molecular formula is C14H10Cl2FI. The van der Waals surface area contributed by atoms with Gasteiger partial charge in [0.05, 0.1) is 5.38 Å². The van der Waals surface area contributed by atoms with E-state index >= 15 is 0 Å². The maximum Gasteiger partial charge on any atom is 0.124 e. The molecule has 0 spiro atoms. The third kappa shape index (κ3) is 3.59. The molecule has 2 rings (SSSR count). The molecule has 0 N–H and O–H groups in total. The molecule has 0 saturated heterocycles. The lowest BCUT2D eigenvalue weighted by atomic mass is 10.0. The molecule has 0 saturated carbocycles. The summed E-state index contributed by atoms with van der Waals surface area (Å²) in [5, 5.41) is 0.542. The minimum absolute atomic E-state index is 0.168. The molecule has 1 atom stereocenters. The molecule has 18 heavy (non-hydrogen) atoms. The number of hydrogen-bond acceptors (Lipinski definition) is 0. The lowest BCUT2D eigenvalue weighted by Gasteiger charge is -2.12. The Bertz CT molecular complexity index is 540. The maximum atomic E-state index is 13.0. The first-order chi connectivity index (χ1) is 8.56. The molecular weight excluding hydrogens is 385 g/mol. The van der Waals surface area contributed by atoms with Crippen molar-refractivity contribution in [3.8, 4) is 0 Å². The summed E-state index contributed by atoms with van der Waals surface area (Å²) >= 11 is 14.3. The summed E-state index contributed by atoms with van der Waals surface area (Å²) in [5.41, 5.74) is 2.06. The standard InChI is InChI=1S/C14H10Cl2FI/c15-10-3-1-9(2-4-10)7-13(16)12-6-5-11(17)8-14(12)18/h1-6,8,13H,7H2. The predicted molar refractivity (Wildman–Crippen MR) is 82.9 cm³/mol. The molecule has 1 unspecified atom stereocenters. The predicted octanol–water partition coefficient (Wildman–Crippen LogP) is 5.61. The Hall–Kier alpha value is -0.320. The summed E-state index contributed by atoms with van der Waals surface area (Å²) in [5.74, 6) is -0.237. The van der Waals surface area contributed by atoms with Crippen LogP contribution < -0.4 is 0 Å². The van der Waals surface area contributed by atoms with Gasteiger partial charge in [0.2, 0.25) is 0 Å². The fraction of sp³-hybridized carbons (Fsp3) is 0.143. The lowest BCUT2D eigenvalue weighted by Crippen LogP contribution is -1.99. The fourth-order valence-electron chi connectivity index (χ4n) is 1.69. The van der Waals surface area contributed by atoms with Gasteiger partial charge in [0.15, 0.2) is 0 Å². The van der Waals surface area contributed by atoms with E-state index in [0.717, 1.165) is 14.7 Å². The zero-order valence-corrected chi connectivity index (χ0v) is 13.0. The molecule has 0 aromatic heterocycles. The largest absolute Gasteiger partial charge is 0.207 e. The highest BCUT2D eigenvalue weighted by molar-refractivity contribution is 14.1. The minimum Gasteiger partial charge on any atom is -0.207 e. The van der Waals surface area contributed by atoms with Crippen LogP contribution in [0.1, 0.15) is 16.5 Å². The monoisotopic (exact) mass is 394 g/mol. The average molecular weight is 395 g/mol. The Labute approximate surface area is 129 Å². The lowest BCUT2D eigenvalue weighted by molar-refractivity contribution is 0.625. The smallest absolute Gasteiger partial charge is 0.124 e.